The van der Waals surface area contributed by atoms with E-state index in [0.717, 1.165) is 29.9 Å². The molecule has 1 aliphatic rings. The lowest BCUT2D eigenvalue weighted by molar-refractivity contribution is -0.941. The maximum atomic E-state index is 12.7. The van der Waals surface area contributed by atoms with E-state index >= 15 is 0 Å². The first-order valence-electron chi connectivity index (χ1n) is 8.82. The first-order valence-corrected chi connectivity index (χ1v) is 9.64. The predicted octanol–water partition coefficient (Wildman–Crippen LogP) is 1.78. The number of hydrogen-bond acceptors (Lipinski definition) is 5. The van der Waals surface area contributed by atoms with Crippen molar-refractivity contribution in [3.05, 3.63) is 63.9 Å². The number of para-hydroxylation sites is 1. The second-order valence-corrected chi connectivity index (χ2v) is 7.75. The zero-order valence-corrected chi connectivity index (χ0v) is 14.9. The lowest BCUT2D eigenvalue weighted by Crippen LogP contribution is -3.09. The Kier molecular flexibility index (Phi) is 3.76. The van der Waals surface area contributed by atoms with E-state index in [1.807, 2.05) is 36.4 Å². The van der Waals surface area contributed by atoms with Gasteiger partial charge in [-0.3, -0.25) is 4.79 Å². The van der Waals surface area contributed by atoms with Crippen LogP contribution < -0.4 is 10.5 Å². The van der Waals surface area contributed by atoms with Crippen LogP contribution in [0.5, 0.6) is 0 Å². The Balaban J connectivity index is 1.48. The van der Waals surface area contributed by atoms with Crippen LogP contribution in [0.4, 0.5) is 0 Å². The Bertz CT molecular complexity index is 1120. The van der Waals surface area contributed by atoms with Crippen LogP contribution in [0.15, 0.2) is 53.3 Å². The largest absolute Gasteiger partial charge is 0.308 e. The van der Waals surface area contributed by atoms with Gasteiger partial charge < -0.3 is 4.90 Å². The number of nitrogens with one attached hydrogen (secondary N) is 1. The standard InChI is InChI=1S/C19H17N5OS/c25-19-13-6-1-2-7-14(13)21-22-24(19)12-23-11-5-9-16(23)18-20-15-8-3-4-10-17(15)26-18/h1-4,6-8,10,16H,5,9,11-12H2/p+1/t16-/m1/s1. The van der Waals surface area contributed by atoms with Gasteiger partial charge >= 0.3 is 0 Å². The predicted molar refractivity (Wildman–Crippen MR) is 101 cm³/mol. The van der Waals surface area contributed by atoms with Crippen molar-refractivity contribution in [2.45, 2.75) is 25.6 Å². The fourth-order valence-corrected chi connectivity index (χ4v) is 4.92. The molecular weight excluding hydrogens is 346 g/mol. The monoisotopic (exact) mass is 364 g/mol. The summed E-state index contributed by atoms with van der Waals surface area (Å²) in [4.78, 5) is 18.9. The number of aromatic nitrogens is 4. The van der Waals surface area contributed by atoms with Gasteiger partial charge in [-0.05, 0) is 24.3 Å². The molecular formula is C19H18N5OS+. The van der Waals surface area contributed by atoms with E-state index in [2.05, 4.69) is 22.4 Å². The van der Waals surface area contributed by atoms with Crippen molar-refractivity contribution in [1.82, 2.24) is 20.0 Å². The van der Waals surface area contributed by atoms with Gasteiger partial charge in [0, 0.05) is 12.8 Å². The lowest BCUT2D eigenvalue weighted by Gasteiger charge is -2.19. The molecule has 0 spiro atoms. The third-order valence-electron chi connectivity index (χ3n) is 5.07. The molecule has 7 heteroatoms. The number of nitrogens with zero attached hydrogens (tertiary/aromatic N) is 4. The second kappa shape index (κ2) is 6.26. The van der Waals surface area contributed by atoms with Gasteiger partial charge in [0.15, 0.2) is 11.7 Å². The summed E-state index contributed by atoms with van der Waals surface area (Å²) >= 11 is 1.76. The van der Waals surface area contributed by atoms with E-state index in [0.29, 0.717) is 23.6 Å². The van der Waals surface area contributed by atoms with Crippen molar-refractivity contribution >= 4 is 32.5 Å². The SMILES string of the molecule is O=c1c2ccccc2nnn1C[NH+]1CCC[C@@H]1c1nc2ccccc2s1. The van der Waals surface area contributed by atoms with Crippen molar-refractivity contribution in [2.24, 2.45) is 0 Å². The molecule has 1 N–H and O–H groups in total. The average Bonchev–Trinajstić information content (AvgIpc) is 3.30. The first-order chi connectivity index (χ1) is 12.8. The quantitative estimate of drug-likeness (QED) is 0.602. The van der Waals surface area contributed by atoms with Gasteiger partial charge in [-0.1, -0.05) is 29.5 Å². The lowest BCUT2D eigenvalue weighted by atomic mass is 10.2. The van der Waals surface area contributed by atoms with Crippen LogP contribution in [0.2, 0.25) is 0 Å². The van der Waals surface area contributed by atoms with E-state index in [-0.39, 0.29) is 5.56 Å². The number of thiazole rings is 1. The summed E-state index contributed by atoms with van der Waals surface area (Å²) in [6.07, 6.45) is 2.22. The molecule has 1 fully saturated rings. The molecule has 2 aromatic carbocycles. The van der Waals surface area contributed by atoms with Crippen LogP contribution in [0.25, 0.3) is 21.1 Å². The maximum absolute atomic E-state index is 12.7. The summed E-state index contributed by atoms with van der Waals surface area (Å²) in [6, 6.07) is 15.9. The molecule has 130 valence electrons. The number of quaternary nitrogens is 1. The molecule has 1 saturated heterocycles. The first kappa shape index (κ1) is 15.6. The van der Waals surface area contributed by atoms with E-state index in [9.17, 15) is 4.79 Å². The highest BCUT2D eigenvalue weighted by Crippen LogP contribution is 2.28. The maximum Gasteiger partial charge on any atom is 0.282 e. The van der Waals surface area contributed by atoms with E-state index in [1.165, 1.54) is 14.3 Å². The third-order valence-corrected chi connectivity index (χ3v) is 6.22. The van der Waals surface area contributed by atoms with Crippen molar-refractivity contribution in [3.8, 4) is 0 Å². The molecule has 1 unspecified atom stereocenters. The molecule has 6 nitrogen and oxygen atoms in total. The molecule has 0 radical (unpaired) electrons. The van der Waals surface area contributed by atoms with Gasteiger partial charge in [0.2, 0.25) is 0 Å². The Morgan fingerprint density at radius 2 is 1.92 bits per heavy atom. The average molecular weight is 364 g/mol. The smallest absolute Gasteiger partial charge is 0.282 e. The summed E-state index contributed by atoms with van der Waals surface area (Å²) in [7, 11) is 0. The minimum atomic E-state index is -0.0713. The molecule has 2 atom stereocenters. The molecule has 1 aliphatic heterocycles. The van der Waals surface area contributed by atoms with Crippen LogP contribution in [0.3, 0.4) is 0 Å². The molecule has 4 aromatic rings. The van der Waals surface area contributed by atoms with Gasteiger partial charge in [0.25, 0.3) is 5.56 Å². The Hall–Kier alpha value is -2.64. The summed E-state index contributed by atoms with van der Waals surface area (Å²) in [5.41, 5.74) is 1.63. The van der Waals surface area contributed by atoms with E-state index < -0.39 is 0 Å². The Morgan fingerprint density at radius 3 is 2.81 bits per heavy atom. The second-order valence-electron chi connectivity index (χ2n) is 6.69. The molecule has 5 rings (SSSR count). The number of likely N-dealkylation sites (tertiary alicyclic amines) is 1. The highest BCUT2D eigenvalue weighted by molar-refractivity contribution is 7.18. The van der Waals surface area contributed by atoms with Gasteiger partial charge in [-0.2, -0.15) is 4.68 Å². The fraction of sp³-hybridized carbons (Fsp3) is 0.263. The van der Waals surface area contributed by atoms with Crippen LogP contribution in [-0.2, 0) is 6.67 Å². The van der Waals surface area contributed by atoms with Crippen molar-refractivity contribution < 1.29 is 4.90 Å². The Morgan fingerprint density at radius 1 is 1.12 bits per heavy atom. The van der Waals surface area contributed by atoms with Crippen LogP contribution in [-0.4, -0.2) is 26.5 Å². The van der Waals surface area contributed by atoms with Gasteiger partial charge in [-0.15, -0.1) is 16.4 Å². The van der Waals surface area contributed by atoms with Gasteiger partial charge in [-0.25, -0.2) is 4.98 Å². The molecule has 0 amide bonds. The summed E-state index contributed by atoms with van der Waals surface area (Å²) in [6.45, 7) is 1.54. The molecule has 0 aliphatic carbocycles. The molecule has 2 aromatic heterocycles. The zero-order valence-electron chi connectivity index (χ0n) is 14.1. The number of hydrogen-bond donors (Lipinski definition) is 1. The van der Waals surface area contributed by atoms with E-state index in [4.69, 9.17) is 4.98 Å². The Labute approximate surface area is 153 Å². The van der Waals surface area contributed by atoms with Crippen LogP contribution >= 0.6 is 11.3 Å². The van der Waals surface area contributed by atoms with Crippen molar-refractivity contribution in [3.63, 3.8) is 0 Å². The molecule has 0 bridgehead atoms. The fourth-order valence-electron chi connectivity index (χ4n) is 3.76. The van der Waals surface area contributed by atoms with Crippen molar-refractivity contribution in [1.29, 1.82) is 0 Å². The summed E-state index contributed by atoms with van der Waals surface area (Å²) in [5, 5.41) is 10.1. The number of benzene rings is 2. The zero-order chi connectivity index (χ0) is 17.5. The van der Waals surface area contributed by atoms with Gasteiger partial charge in [0.05, 0.1) is 22.1 Å². The summed E-state index contributed by atoms with van der Waals surface area (Å²) < 4.78 is 2.72. The minimum absolute atomic E-state index is 0.0713. The number of rotatable bonds is 3. The topological polar surface area (TPSA) is 65.1 Å². The summed E-state index contributed by atoms with van der Waals surface area (Å²) in [5.74, 6) is 0. The van der Waals surface area contributed by atoms with Crippen LogP contribution in [0, 0.1) is 0 Å². The van der Waals surface area contributed by atoms with Crippen molar-refractivity contribution in [2.75, 3.05) is 6.54 Å². The highest BCUT2D eigenvalue weighted by Gasteiger charge is 2.33. The van der Waals surface area contributed by atoms with Crippen LogP contribution in [0.1, 0.15) is 23.9 Å². The third kappa shape index (κ3) is 2.60. The number of fused-ring (bicyclic) bond motifs is 2. The molecule has 0 saturated carbocycles. The molecule has 26 heavy (non-hydrogen) atoms. The van der Waals surface area contributed by atoms with E-state index in [1.54, 1.807) is 11.3 Å². The molecule has 3 heterocycles. The normalized spacial score (nSPS) is 20.2. The minimum Gasteiger partial charge on any atom is -0.308 e. The highest BCUT2D eigenvalue weighted by atomic mass is 32.1. The van der Waals surface area contributed by atoms with Gasteiger partial charge in [0.1, 0.15) is 11.6 Å².